The van der Waals surface area contributed by atoms with Crippen LogP contribution in [0.1, 0.15) is 36.8 Å². The molecule has 130 valence electrons. The molecule has 1 aromatic carbocycles. The molecule has 0 aliphatic heterocycles. The molecule has 0 atom stereocenters. The van der Waals surface area contributed by atoms with Crippen LogP contribution in [0.15, 0.2) is 12.1 Å². The first-order chi connectivity index (χ1) is 11.3. The number of urea groups is 1. The minimum absolute atomic E-state index is 0.0436. The summed E-state index contributed by atoms with van der Waals surface area (Å²) in [7, 11) is 0. The number of aliphatic carboxylic acids is 1. The molecule has 1 fully saturated rings. The lowest BCUT2D eigenvalue weighted by Crippen LogP contribution is -2.41. The highest BCUT2D eigenvalue weighted by Crippen LogP contribution is 2.27. The quantitative estimate of drug-likeness (QED) is 0.577. The van der Waals surface area contributed by atoms with Gasteiger partial charge in [-0.3, -0.25) is 14.9 Å². The second-order valence-corrected chi connectivity index (χ2v) is 6.20. The van der Waals surface area contributed by atoms with Gasteiger partial charge < -0.3 is 15.7 Å². The van der Waals surface area contributed by atoms with Crippen LogP contribution in [0.5, 0.6) is 0 Å². The molecule has 0 heterocycles. The van der Waals surface area contributed by atoms with Gasteiger partial charge >= 0.3 is 12.0 Å². The zero-order valence-electron chi connectivity index (χ0n) is 13.7. The number of carbonyl (C=O) groups excluding carboxylic acids is 1. The molecule has 8 nitrogen and oxygen atoms in total. The molecule has 2 rings (SSSR count). The molecule has 1 aliphatic carbocycles. The summed E-state index contributed by atoms with van der Waals surface area (Å²) in [6.45, 7) is 3.42. The molecule has 1 aromatic rings. The predicted molar refractivity (Wildman–Crippen MR) is 88.1 cm³/mol. The number of nitro benzene ring substituents is 1. The van der Waals surface area contributed by atoms with E-state index in [2.05, 4.69) is 10.6 Å². The molecule has 8 heteroatoms. The first-order valence-electron chi connectivity index (χ1n) is 7.84. The average molecular weight is 335 g/mol. The highest BCUT2D eigenvalue weighted by atomic mass is 16.6. The third-order valence-electron chi connectivity index (χ3n) is 4.40. The van der Waals surface area contributed by atoms with Crippen LogP contribution < -0.4 is 10.6 Å². The zero-order chi connectivity index (χ0) is 17.9. The van der Waals surface area contributed by atoms with Crippen LogP contribution >= 0.6 is 0 Å². The van der Waals surface area contributed by atoms with Gasteiger partial charge in [0.25, 0.3) is 5.69 Å². The van der Waals surface area contributed by atoms with Gasteiger partial charge in [0.1, 0.15) is 0 Å². The van der Waals surface area contributed by atoms with Crippen molar-refractivity contribution in [2.45, 2.75) is 45.6 Å². The number of rotatable bonds is 4. The Morgan fingerprint density at radius 2 is 1.79 bits per heavy atom. The van der Waals surface area contributed by atoms with E-state index < -0.39 is 16.9 Å². The van der Waals surface area contributed by atoms with E-state index in [9.17, 15) is 19.7 Å². The summed E-state index contributed by atoms with van der Waals surface area (Å²) in [5.41, 5.74) is 1.63. The van der Waals surface area contributed by atoms with Crippen LogP contribution in [0.4, 0.5) is 16.2 Å². The summed E-state index contributed by atoms with van der Waals surface area (Å²) in [5.74, 6) is -1.13. The molecule has 2 amide bonds. The molecule has 0 saturated heterocycles. The summed E-state index contributed by atoms with van der Waals surface area (Å²) in [4.78, 5) is 33.5. The Balaban J connectivity index is 1.97. The predicted octanol–water partition coefficient (Wildman–Crippen LogP) is 2.98. The zero-order valence-corrected chi connectivity index (χ0v) is 13.7. The summed E-state index contributed by atoms with van der Waals surface area (Å²) in [6, 6.07) is 2.49. The van der Waals surface area contributed by atoms with Gasteiger partial charge in [0.15, 0.2) is 0 Å². The van der Waals surface area contributed by atoms with E-state index in [1.54, 1.807) is 19.9 Å². The number of carboxylic acids is 1. The van der Waals surface area contributed by atoms with Crippen LogP contribution in [0.25, 0.3) is 0 Å². The Hall–Kier alpha value is -2.64. The number of aryl methyl sites for hydroxylation is 2. The topological polar surface area (TPSA) is 122 Å². The van der Waals surface area contributed by atoms with Crippen LogP contribution in [-0.4, -0.2) is 28.1 Å². The standard InChI is InChI=1S/C16H21N3O5/c1-9-7-10(2)14(19(23)24)8-13(9)18-16(22)17-12-5-3-11(4-6-12)15(20)21/h7-8,11-12H,3-6H2,1-2H3,(H,20,21)(H2,17,18,22). The number of anilines is 1. The fourth-order valence-corrected chi connectivity index (χ4v) is 3.00. The van der Waals surface area contributed by atoms with Gasteiger partial charge in [-0.05, 0) is 51.2 Å². The number of nitrogens with zero attached hydrogens (tertiary/aromatic N) is 1. The van der Waals surface area contributed by atoms with Crippen molar-refractivity contribution < 1.29 is 19.6 Å². The van der Waals surface area contributed by atoms with E-state index in [1.807, 2.05) is 0 Å². The van der Waals surface area contributed by atoms with E-state index in [4.69, 9.17) is 5.11 Å². The van der Waals surface area contributed by atoms with Crippen molar-refractivity contribution in [3.8, 4) is 0 Å². The molecule has 0 spiro atoms. The summed E-state index contributed by atoms with van der Waals surface area (Å²) in [5, 5.41) is 25.4. The molecule has 24 heavy (non-hydrogen) atoms. The Kier molecular flexibility index (Phi) is 5.38. The minimum atomic E-state index is -0.791. The minimum Gasteiger partial charge on any atom is -0.481 e. The molecule has 0 unspecified atom stereocenters. The first kappa shape index (κ1) is 17.7. The normalized spacial score (nSPS) is 20.2. The van der Waals surface area contributed by atoms with Crippen LogP contribution in [-0.2, 0) is 4.79 Å². The summed E-state index contributed by atoms with van der Waals surface area (Å²) < 4.78 is 0. The van der Waals surface area contributed by atoms with E-state index in [-0.39, 0.29) is 17.6 Å². The Morgan fingerprint density at radius 3 is 2.33 bits per heavy atom. The molecule has 0 bridgehead atoms. The molecule has 0 aromatic heterocycles. The average Bonchev–Trinajstić information content (AvgIpc) is 2.50. The number of amides is 2. The Labute approximate surface area is 139 Å². The second kappa shape index (κ2) is 7.29. The highest BCUT2D eigenvalue weighted by Gasteiger charge is 2.26. The lowest BCUT2D eigenvalue weighted by atomic mass is 9.86. The van der Waals surface area contributed by atoms with Crippen molar-refractivity contribution in [1.29, 1.82) is 0 Å². The number of carboxylic acid groups (broad SMARTS) is 1. The third kappa shape index (κ3) is 4.21. The Bertz CT molecular complexity index is 666. The van der Waals surface area contributed by atoms with Gasteiger partial charge in [-0.25, -0.2) is 4.79 Å². The number of hydrogen-bond donors (Lipinski definition) is 3. The Morgan fingerprint density at radius 1 is 1.17 bits per heavy atom. The largest absolute Gasteiger partial charge is 0.481 e. The van der Waals surface area contributed by atoms with Gasteiger partial charge in [0.05, 0.1) is 16.5 Å². The first-order valence-corrected chi connectivity index (χ1v) is 7.84. The fraction of sp³-hybridized carbons (Fsp3) is 0.500. The van der Waals surface area contributed by atoms with Crippen LogP contribution in [0.3, 0.4) is 0 Å². The van der Waals surface area contributed by atoms with Gasteiger partial charge in [-0.15, -0.1) is 0 Å². The highest BCUT2D eigenvalue weighted by molar-refractivity contribution is 5.90. The smallest absolute Gasteiger partial charge is 0.319 e. The number of carbonyl (C=O) groups is 2. The van der Waals surface area contributed by atoms with E-state index in [1.165, 1.54) is 6.07 Å². The van der Waals surface area contributed by atoms with Crippen molar-refractivity contribution >= 4 is 23.4 Å². The maximum absolute atomic E-state index is 12.1. The SMILES string of the molecule is Cc1cc(C)c([N+](=O)[O-])cc1NC(=O)NC1CCC(C(=O)O)CC1. The summed E-state index contributed by atoms with van der Waals surface area (Å²) in [6.07, 6.45) is 2.29. The maximum Gasteiger partial charge on any atom is 0.319 e. The number of benzene rings is 1. The van der Waals surface area contributed by atoms with Crippen molar-refractivity contribution in [1.82, 2.24) is 5.32 Å². The molecule has 0 radical (unpaired) electrons. The second-order valence-electron chi connectivity index (χ2n) is 6.20. The summed E-state index contributed by atoms with van der Waals surface area (Å²) >= 11 is 0. The monoisotopic (exact) mass is 335 g/mol. The van der Waals surface area contributed by atoms with Crippen LogP contribution in [0, 0.1) is 29.9 Å². The van der Waals surface area contributed by atoms with Gasteiger partial charge in [0, 0.05) is 17.7 Å². The lowest BCUT2D eigenvalue weighted by Gasteiger charge is -2.27. The molecule has 3 N–H and O–H groups in total. The van der Waals surface area contributed by atoms with Crippen molar-refractivity contribution in [2.75, 3.05) is 5.32 Å². The van der Waals surface area contributed by atoms with Gasteiger partial charge in [-0.1, -0.05) is 0 Å². The lowest BCUT2D eigenvalue weighted by molar-refractivity contribution is -0.385. The third-order valence-corrected chi connectivity index (χ3v) is 4.40. The molecule has 1 saturated carbocycles. The maximum atomic E-state index is 12.1. The van der Waals surface area contributed by atoms with E-state index >= 15 is 0 Å². The molecule has 1 aliphatic rings. The van der Waals surface area contributed by atoms with Gasteiger partial charge in [0.2, 0.25) is 0 Å². The van der Waals surface area contributed by atoms with Crippen LogP contribution in [0.2, 0.25) is 0 Å². The number of nitrogens with one attached hydrogen (secondary N) is 2. The van der Waals surface area contributed by atoms with Gasteiger partial charge in [-0.2, -0.15) is 0 Å². The number of hydrogen-bond acceptors (Lipinski definition) is 4. The van der Waals surface area contributed by atoms with Crippen molar-refractivity contribution in [3.63, 3.8) is 0 Å². The molecular weight excluding hydrogens is 314 g/mol. The van der Waals surface area contributed by atoms with Crippen molar-refractivity contribution in [2.24, 2.45) is 5.92 Å². The fourth-order valence-electron chi connectivity index (χ4n) is 3.00. The van der Waals surface area contributed by atoms with E-state index in [0.717, 1.165) is 5.56 Å². The van der Waals surface area contributed by atoms with Crippen molar-refractivity contribution in [3.05, 3.63) is 33.4 Å². The molecular formula is C16H21N3O5. The van der Waals surface area contributed by atoms with E-state index in [0.29, 0.717) is 36.9 Å². The number of nitro groups is 1.